The maximum absolute atomic E-state index is 12.2. The molecule has 0 bridgehead atoms. The van der Waals surface area contributed by atoms with Crippen molar-refractivity contribution in [1.29, 1.82) is 0 Å². The number of thioether (sulfide) groups is 1. The van der Waals surface area contributed by atoms with Crippen LogP contribution in [0.5, 0.6) is 0 Å². The summed E-state index contributed by atoms with van der Waals surface area (Å²) in [5, 5.41) is 1.18. The van der Waals surface area contributed by atoms with Crippen LogP contribution in [-0.2, 0) is 10.0 Å². The van der Waals surface area contributed by atoms with Crippen LogP contribution in [0.25, 0.3) is 11.1 Å². The van der Waals surface area contributed by atoms with E-state index in [9.17, 15) is 8.42 Å². The van der Waals surface area contributed by atoms with Gasteiger partial charge in [0.05, 0.1) is 4.90 Å². The van der Waals surface area contributed by atoms with Crippen LogP contribution in [-0.4, -0.2) is 37.1 Å². The van der Waals surface area contributed by atoms with Crippen LogP contribution in [0.15, 0.2) is 32.7 Å². The normalized spacial score (nSPS) is 22.7. The predicted octanol–water partition coefficient (Wildman–Crippen LogP) is 3.36. The molecule has 1 aliphatic carbocycles. The second kappa shape index (κ2) is 5.86. The Bertz CT molecular complexity index is 783. The van der Waals surface area contributed by atoms with Crippen LogP contribution in [0.1, 0.15) is 26.2 Å². The summed E-state index contributed by atoms with van der Waals surface area (Å²) in [6.45, 7) is 2.27. The van der Waals surface area contributed by atoms with Crippen molar-refractivity contribution in [2.24, 2.45) is 5.92 Å². The maximum atomic E-state index is 12.2. The molecule has 0 aliphatic heterocycles. The number of oxazole rings is 1. The second-order valence-electron chi connectivity index (χ2n) is 6.05. The molecule has 0 spiro atoms. The minimum atomic E-state index is -3.44. The summed E-state index contributed by atoms with van der Waals surface area (Å²) >= 11 is 1.66. The largest absolute Gasteiger partial charge is 0.431 e. The Morgan fingerprint density at radius 2 is 2.09 bits per heavy atom. The number of aromatic nitrogens is 1. The molecule has 1 fully saturated rings. The van der Waals surface area contributed by atoms with Crippen molar-refractivity contribution in [2.45, 2.75) is 41.6 Å². The fourth-order valence-corrected chi connectivity index (χ4v) is 4.89. The Hall–Kier alpha value is -1.05. The van der Waals surface area contributed by atoms with E-state index in [2.05, 4.69) is 11.9 Å². The molecule has 7 heteroatoms. The molecule has 1 aliphatic rings. The average Bonchev–Trinajstić information content (AvgIpc) is 3.03. The summed E-state index contributed by atoms with van der Waals surface area (Å²) in [5.41, 5.74) is 1.22. The van der Waals surface area contributed by atoms with Gasteiger partial charge in [0.2, 0.25) is 10.0 Å². The Kier molecular flexibility index (Phi) is 4.22. The van der Waals surface area contributed by atoms with Gasteiger partial charge in [-0.25, -0.2) is 17.7 Å². The van der Waals surface area contributed by atoms with E-state index in [1.54, 1.807) is 30.0 Å². The van der Waals surface area contributed by atoms with Gasteiger partial charge < -0.3 is 4.42 Å². The second-order valence-corrected chi connectivity index (χ2v) is 9.46. The van der Waals surface area contributed by atoms with Crippen molar-refractivity contribution in [2.75, 3.05) is 14.1 Å². The molecule has 1 aromatic heterocycles. The molecule has 1 aromatic carbocycles. The SMILES string of the molecule is C[C@H]1CC[C@H](Sc2nc3cc(S(=O)(=O)N(C)C)ccc3o2)C1. The molecule has 1 heterocycles. The van der Waals surface area contributed by atoms with E-state index in [1.807, 2.05) is 0 Å². The Morgan fingerprint density at radius 3 is 2.73 bits per heavy atom. The van der Waals surface area contributed by atoms with Gasteiger partial charge in [0, 0.05) is 19.3 Å². The zero-order valence-electron chi connectivity index (χ0n) is 12.9. The molecular formula is C15H20N2O3S2. The molecule has 0 N–H and O–H groups in total. The molecule has 5 nitrogen and oxygen atoms in total. The highest BCUT2D eigenvalue weighted by molar-refractivity contribution is 7.99. The van der Waals surface area contributed by atoms with Gasteiger partial charge in [-0.3, -0.25) is 0 Å². The fraction of sp³-hybridized carbons (Fsp3) is 0.533. The van der Waals surface area contributed by atoms with E-state index in [4.69, 9.17) is 4.42 Å². The summed E-state index contributed by atoms with van der Waals surface area (Å²) in [6.07, 6.45) is 3.62. The van der Waals surface area contributed by atoms with Crippen molar-refractivity contribution >= 4 is 32.9 Å². The van der Waals surface area contributed by atoms with E-state index in [-0.39, 0.29) is 4.90 Å². The van der Waals surface area contributed by atoms with Gasteiger partial charge in [0.25, 0.3) is 5.22 Å². The number of sulfonamides is 1. The number of fused-ring (bicyclic) bond motifs is 1. The number of benzene rings is 1. The van der Waals surface area contributed by atoms with E-state index >= 15 is 0 Å². The van der Waals surface area contributed by atoms with E-state index in [0.29, 0.717) is 21.6 Å². The zero-order valence-corrected chi connectivity index (χ0v) is 14.6. The standard InChI is InChI=1S/C15H20N2O3S2/c1-10-4-5-11(8-10)21-15-16-13-9-12(6-7-14(13)20-15)22(18,19)17(2)3/h6-7,9-11H,4-5,8H2,1-3H3/t10-,11-/m0/s1. The predicted molar refractivity (Wildman–Crippen MR) is 87.5 cm³/mol. The minimum absolute atomic E-state index is 0.240. The number of rotatable bonds is 4. The first kappa shape index (κ1) is 15.8. The molecule has 1 saturated carbocycles. The molecule has 2 aromatic rings. The van der Waals surface area contributed by atoms with Crippen molar-refractivity contribution < 1.29 is 12.8 Å². The molecule has 120 valence electrons. The van der Waals surface area contributed by atoms with Crippen LogP contribution < -0.4 is 0 Å². The summed E-state index contributed by atoms with van der Waals surface area (Å²) in [5.74, 6) is 0.763. The molecule has 22 heavy (non-hydrogen) atoms. The lowest BCUT2D eigenvalue weighted by Gasteiger charge is -2.10. The quantitative estimate of drug-likeness (QED) is 0.854. The Balaban J connectivity index is 1.87. The first-order valence-electron chi connectivity index (χ1n) is 7.36. The van der Waals surface area contributed by atoms with Crippen LogP contribution in [0.4, 0.5) is 0 Å². The topological polar surface area (TPSA) is 63.4 Å². The van der Waals surface area contributed by atoms with E-state index < -0.39 is 10.0 Å². The summed E-state index contributed by atoms with van der Waals surface area (Å²) in [7, 11) is -0.406. The van der Waals surface area contributed by atoms with E-state index in [0.717, 1.165) is 5.92 Å². The minimum Gasteiger partial charge on any atom is -0.431 e. The Labute approximate surface area is 135 Å². The smallest absolute Gasteiger partial charge is 0.257 e. The van der Waals surface area contributed by atoms with Crippen LogP contribution in [0.3, 0.4) is 0 Å². The summed E-state index contributed by atoms with van der Waals surface area (Å²) < 4.78 is 31.3. The average molecular weight is 340 g/mol. The third kappa shape index (κ3) is 3.02. The third-order valence-electron chi connectivity index (χ3n) is 4.03. The number of hydrogen-bond acceptors (Lipinski definition) is 5. The lowest BCUT2D eigenvalue weighted by atomic mass is 10.1. The van der Waals surface area contributed by atoms with Gasteiger partial charge in [-0.05, 0) is 43.4 Å². The van der Waals surface area contributed by atoms with Crippen molar-refractivity contribution in [3.63, 3.8) is 0 Å². The van der Waals surface area contributed by atoms with Gasteiger partial charge in [0.15, 0.2) is 5.58 Å². The van der Waals surface area contributed by atoms with Crippen LogP contribution >= 0.6 is 11.8 Å². The fourth-order valence-electron chi connectivity index (χ4n) is 2.71. The third-order valence-corrected chi connectivity index (χ3v) is 6.98. The number of nitrogens with zero attached hydrogens (tertiary/aromatic N) is 2. The molecule has 0 unspecified atom stereocenters. The highest BCUT2D eigenvalue weighted by Gasteiger charge is 2.24. The van der Waals surface area contributed by atoms with E-state index in [1.165, 1.54) is 37.7 Å². The van der Waals surface area contributed by atoms with Crippen molar-refractivity contribution in [3.8, 4) is 0 Å². The lowest BCUT2D eigenvalue weighted by Crippen LogP contribution is -2.22. The Morgan fingerprint density at radius 1 is 1.32 bits per heavy atom. The summed E-state index contributed by atoms with van der Waals surface area (Å²) in [6, 6.07) is 4.82. The van der Waals surface area contributed by atoms with Crippen molar-refractivity contribution in [1.82, 2.24) is 9.29 Å². The lowest BCUT2D eigenvalue weighted by molar-refractivity contribution is 0.487. The monoisotopic (exact) mass is 340 g/mol. The van der Waals surface area contributed by atoms with Gasteiger partial charge in [0.1, 0.15) is 5.52 Å². The van der Waals surface area contributed by atoms with Gasteiger partial charge in [-0.1, -0.05) is 18.7 Å². The van der Waals surface area contributed by atoms with Crippen molar-refractivity contribution in [3.05, 3.63) is 18.2 Å². The molecule has 2 atom stereocenters. The molecule has 3 rings (SSSR count). The number of hydrogen-bond donors (Lipinski definition) is 0. The highest BCUT2D eigenvalue weighted by atomic mass is 32.2. The first-order valence-corrected chi connectivity index (χ1v) is 9.68. The van der Waals surface area contributed by atoms with Crippen LogP contribution in [0.2, 0.25) is 0 Å². The molecule has 0 amide bonds. The van der Waals surface area contributed by atoms with Gasteiger partial charge in [-0.15, -0.1) is 0 Å². The maximum Gasteiger partial charge on any atom is 0.257 e. The zero-order chi connectivity index (χ0) is 15.9. The highest BCUT2D eigenvalue weighted by Crippen LogP contribution is 2.38. The summed E-state index contributed by atoms with van der Waals surface area (Å²) in [4.78, 5) is 4.69. The molecular weight excluding hydrogens is 320 g/mol. The van der Waals surface area contributed by atoms with Gasteiger partial charge in [-0.2, -0.15) is 0 Å². The first-order chi connectivity index (χ1) is 10.4. The van der Waals surface area contributed by atoms with Crippen LogP contribution in [0, 0.1) is 5.92 Å². The molecule has 0 saturated heterocycles. The molecule has 0 radical (unpaired) electrons. The van der Waals surface area contributed by atoms with Gasteiger partial charge >= 0.3 is 0 Å².